The van der Waals surface area contributed by atoms with Crippen LogP contribution in [-0.4, -0.2) is 29.5 Å². The average molecular weight is 435 g/mol. The van der Waals surface area contributed by atoms with Crippen molar-refractivity contribution in [3.05, 3.63) is 74.7 Å². The van der Waals surface area contributed by atoms with Gasteiger partial charge in [0.25, 0.3) is 11.5 Å². The number of anilines is 1. The summed E-state index contributed by atoms with van der Waals surface area (Å²) in [5, 5.41) is 3.00. The number of nitrogens with two attached hydrogens (primary N) is 1. The van der Waals surface area contributed by atoms with Crippen molar-refractivity contribution in [2.45, 2.75) is 71.0 Å². The first kappa shape index (κ1) is 22.3. The Morgan fingerprint density at radius 1 is 1.06 bits per heavy atom. The van der Waals surface area contributed by atoms with E-state index in [1.54, 1.807) is 0 Å². The molecule has 6 nitrogen and oxygen atoms in total. The summed E-state index contributed by atoms with van der Waals surface area (Å²) in [5.41, 5.74) is 11.3. The van der Waals surface area contributed by atoms with Crippen molar-refractivity contribution >= 4 is 11.6 Å². The Bertz CT molecular complexity index is 1060. The van der Waals surface area contributed by atoms with Crippen LogP contribution >= 0.6 is 0 Å². The molecule has 1 aromatic heterocycles. The quantitative estimate of drug-likeness (QED) is 0.646. The molecular formula is C26H34N4O2. The van der Waals surface area contributed by atoms with Crippen molar-refractivity contribution in [1.29, 1.82) is 0 Å². The standard InChI is InChI=1S/C26H34N4O2/c1-3-30(20-13-11-19(27)12-14-20)24-10-6-9-22-21(24)8-5-4-7-18-15-17(2)29-26(32)23(18)16-28-25(22)31/h4-6,9-10,15,19-20H,3,7-8,11-14,16,27H2,1-2H3,(H,28,31)(H,29,32)/b5-4-/t19-,20-. The van der Waals surface area contributed by atoms with Crippen LogP contribution in [0.3, 0.4) is 0 Å². The molecule has 1 aliphatic carbocycles. The van der Waals surface area contributed by atoms with Gasteiger partial charge in [-0.2, -0.15) is 0 Å². The number of aryl methyl sites for hydroxylation is 1. The summed E-state index contributed by atoms with van der Waals surface area (Å²) in [5.74, 6) is -0.134. The van der Waals surface area contributed by atoms with E-state index in [1.807, 2.05) is 25.1 Å². The smallest absolute Gasteiger partial charge is 0.253 e. The number of H-pyrrole nitrogens is 1. The number of amides is 1. The zero-order valence-electron chi connectivity index (χ0n) is 19.1. The minimum atomic E-state index is -0.134. The number of rotatable bonds is 3. The first-order chi connectivity index (χ1) is 15.5. The predicted molar refractivity (Wildman–Crippen MR) is 129 cm³/mol. The van der Waals surface area contributed by atoms with Crippen molar-refractivity contribution in [2.24, 2.45) is 5.73 Å². The van der Waals surface area contributed by atoms with Crippen molar-refractivity contribution in [3.8, 4) is 0 Å². The van der Waals surface area contributed by atoms with E-state index >= 15 is 0 Å². The predicted octanol–water partition coefficient (Wildman–Crippen LogP) is 3.36. The van der Waals surface area contributed by atoms with Gasteiger partial charge in [0.1, 0.15) is 0 Å². The van der Waals surface area contributed by atoms with Gasteiger partial charge < -0.3 is 20.9 Å². The second-order valence-electron chi connectivity index (χ2n) is 9.01. The van der Waals surface area contributed by atoms with Gasteiger partial charge in [0.05, 0.1) is 0 Å². The summed E-state index contributed by atoms with van der Waals surface area (Å²) >= 11 is 0. The van der Waals surface area contributed by atoms with E-state index in [1.165, 1.54) is 0 Å². The van der Waals surface area contributed by atoms with Crippen molar-refractivity contribution in [2.75, 3.05) is 11.4 Å². The van der Waals surface area contributed by atoms with Gasteiger partial charge in [-0.05, 0) is 81.7 Å². The molecule has 2 aliphatic rings. The van der Waals surface area contributed by atoms with Crippen molar-refractivity contribution in [1.82, 2.24) is 10.3 Å². The second kappa shape index (κ2) is 9.74. The lowest BCUT2D eigenvalue weighted by Gasteiger charge is -2.38. The molecule has 0 radical (unpaired) electrons. The fourth-order valence-electron chi connectivity index (χ4n) is 5.15. The van der Waals surface area contributed by atoms with E-state index in [0.29, 0.717) is 36.1 Å². The summed E-state index contributed by atoms with van der Waals surface area (Å²) in [6, 6.07) is 8.75. The molecule has 1 aromatic carbocycles. The van der Waals surface area contributed by atoms with Gasteiger partial charge in [0, 0.05) is 47.7 Å². The molecule has 1 amide bonds. The second-order valence-corrected chi connectivity index (χ2v) is 9.01. The lowest BCUT2D eigenvalue weighted by Crippen LogP contribution is -2.41. The highest BCUT2D eigenvalue weighted by Gasteiger charge is 2.26. The van der Waals surface area contributed by atoms with Gasteiger partial charge in [0.2, 0.25) is 0 Å². The first-order valence-corrected chi connectivity index (χ1v) is 11.8. The van der Waals surface area contributed by atoms with Crippen molar-refractivity contribution < 1.29 is 4.79 Å². The molecule has 32 heavy (non-hydrogen) atoms. The Morgan fingerprint density at radius 3 is 2.56 bits per heavy atom. The van der Waals surface area contributed by atoms with Crippen LogP contribution in [0.1, 0.15) is 65.3 Å². The molecule has 2 heterocycles. The molecule has 1 saturated carbocycles. The number of nitrogens with zero attached hydrogens (tertiary/aromatic N) is 1. The van der Waals surface area contributed by atoms with Gasteiger partial charge >= 0.3 is 0 Å². The molecule has 1 fully saturated rings. The zero-order valence-corrected chi connectivity index (χ0v) is 19.1. The highest BCUT2D eigenvalue weighted by molar-refractivity contribution is 5.97. The lowest BCUT2D eigenvalue weighted by atomic mass is 9.89. The molecule has 6 heteroatoms. The Kier molecular flexibility index (Phi) is 6.80. The summed E-state index contributed by atoms with van der Waals surface area (Å²) in [4.78, 5) is 31.1. The number of hydrogen-bond acceptors (Lipinski definition) is 4. The summed E-state index contributed by atoms with van der Waals surface area (Å²) < 4.78 is 0. The summed E-state index contributed by atoms with van der Waals surface area (Å²) in [6.45, 7) is 5.18. The van der Waals surface area contributed by atoms with Gasteiger partial charge in [-0.3, -0.25) is 9.59 Å². The molecule has 0 spiro atoms. The molecule has 0 bridgehead atoms. The minimum absolute atomic E-state index is 0.130. The monoisotopic (exact) mass is 434 g/mol. The van der Waals surface area contributed by atoms with Crippen LogP contribution in [0.4, 0.5) is 5.69 Å². The number of fused-ring (bicyclic) bond motifs is 2. The number of aromatic amines is 1. The third-order valence-electron chi connectivity index (χ3n) is 6.84. The van der Waals surface area contributed by atoms with E-state index in [4.69, 9.17) is 5.73 Å². The maximum atomic E-state index is 13.2. The van der Waals surface area contributed by atoms with E-state index in [-0.39, 0.29) is 18.0 Å². The van der Waals surface area contributed by atoms with Crippen molar-refractivity contribution in [3.63, 3.8) is 0 Å². The fraction of sp³-hybridized carbons (Fsp3) is 0.462. The van der Waals surface area contributed by atoms with E-state index in [0.717, 1.165) is 54.7 Å². The van der Waals surface area contributed by atoms with E-state index in [9.17, 15) is 9.59 Å². The van der Waals surface area contributed by atoms with Crippen LogP contribution in [0.5, 0.6) is 0 Å². The third kappa shape index (κ3) is 4.65. The lowest BCUT2D eigenvalue weighted by molar-refractivity contribution is 0.0950. The Morgan fingerprint density at radius 2 is 1.81 bits per heavy atom. The molecule has 170 valence electrons. The molecular weight excluding hydrogens is 400 g/mol. The number of carbonyl (C=O) groups excluding carboxylic acids is 1. The molecule has 2 aromatic rings. The molecule has 4 rings (SSSR count). The van der Waals surface area contributed by atoms with Crippen LogP contribution in [-0.2, 0) is 19.4 Å². The molecule has 0 atom stereocenters. The number of carbonyl (C=O) groups is 1. The number of hydrogen-bond donors (Lipinski definition) is 3. The van der Waals surface area contributed by atoms with Crippen LogP contribution in [0.15, 0.2) is 41.2 Å². The Hall–Kier alpha value is -2.86. The Labute approximate surface area is 189 Å². The third-order valence-corrected chi connectivity index (χ3v) is 6.84. The Balaban J connectivity index is 1.70. The van der Waals surface area contributed by atoms with Gasteiger partial charge in [-0.25, -0.2) is 0 Å². The SMILES string of the molecule is CCN(c1cccc2c1C/C=C\Cc1cc(C)[nH]c(=O)c1CNC2=O)[C@H]1CC[C@H](N)CC1. The molecule has 0 unspecified atom stereocenters. The van der Waals surface area contributed by atoms with Crippen LogP contribution in [0.2, 0.25) is 0 Å². The maximum Gasteiger partial charge on any atom is 0.253 e. The number of allylic oxidation sites excluding steroid dienone is 2. The van der Waals surface area contributed by atoms with E-state index in [2.05, 4.69) is 40.3 Å². The fourth-order valence-corrected chi connectivity index (χ4v) is 5.15. The van der Waals surface area contributed by atoms with Crippen LogP contribution in [0, 0.1) is 6.92 Å². The molecule has 4 N–H and O–H groups in total. The van der Waals surface area contributed by atoms with Crippen LogP contribution < -0.4 is 21.5 Å². The number of benzene rings is 1. The number of pyridine rings is 1. The minimum Gasteiger partial charge on any atom is -0.369 e. The van der Waals surface area contributed by atoms with Gasteiger partial charge in [-0.15, -0.1) is 0 Å². The van der Waals surface area contributed by atoms with Gasteiger partial charge in [-0.1, -0.05) is 18.2 Å². The van der Waals surface area contributed by atoms with Crippen LogP contribution in [0.25, 0.3) is 0 Å². The first-order valence-electron chi connectivity index (χ1n) is 11.8. The zero-order chi connectivity index (χ0) is 22.7. The summed E-state index contributed by atoms with van der Waals surface area (Å²) in [6.07, 6.45) is 9.85. The molecule has 0 saturated heterocycles. The maximum absolute atomic E-state index is 13.2. The largest absolute Gasteiger partial charge is 0.369 e. The van der Waals surface area contributed by atoms with Gasteiger partial charge in [0.15, 0.2) is 0 Å². The average Bonchev–Trinajstić information content (AvgIpc) is 2.80. The number of aromatic nitrogens is 1. The normalized spacial score (nSPS) is 22.2. The topological polar surface area (TPSA) is 91.2 Å². The molecule has 1 aliphatic heterocycles. The number of nitrogens with one attached hydrogen (secondary N) is 2. The highest BCUT2D eigenvalue weighted by Crippen LogP contribution is 2.32. The summed E-state index contributed by atoms with van der Waals surface area (Å²) in [7, 11) is 0. The van der Waals surface area contributed by atoms with E-state index < -0.39 is 0 Å². The highest BCUT2D eigenvalue weighted by atomic mass is 16.1.